The minimum Gasteiger partial charge on any atom is -0.488 e. The Morgan fingerprint density at radius 2 is 2.05 bits per heavy atom. The van der Waals surface area contributed by atoms with Crippen LogP contribution in [0.3, 0.4) is 0 Å². The van der Waals surface area contributed by atoms with Crippen LogP contribution < -0.4 is 4.74 Å². The van der Waals surface area contributed by atoms with Gasteiger partial charge in [0, 0.05) is 19.5 Å². The molecule has 0 radical (unpaired) electrons. The third-order valence-electron chi connectivity index (χ3n) is 2.79. The SMILES string of the molecule is CCN(CCC#N)CC(O)COc1c(Cl)cccc1Cl. The van der Waals surface area contributed by atoms with Crippen molar-refractivity contribution in [3.05, 3.63) is 28.2 Å². The van der Waals surface area contributed by atoms with Crippen LogP contribution >= 0.6 is 23.2 Å². The minimum atomic E-state index is -0.666. The summed E-state index contributed by atoms with van der Waals surface area (Å²) in [7, 11) is 0. The van der Waals surface area contributed by atoms with Gasteiger partial charge in [0.1, 0.15) is 12.7 Å². The number of ether oxygens (including phenoxy) is 1. The normalized spacial score (nSPS) is 12.2. The molecule has 110 valence electrons. The van der Waals surface area contributed by atoms with E-state index in [2.05, 4.69) is 6.07 Å². The number of hydrogen-bond acceptors (Lipinski definition) is 4. The summed E-state index contributed by atoms with van der Waals surface area (Å²) in [4.78, 5) is 1.99. The number of para-hydroxylation sites is 1. The predicted molar refractivity (Wildman–Crippen MR) is 80.3 cm³/mol. The molecule has 0 saturated heterocycles. The number of likely N-dealkylation sites (N-methyl/N-ethyl adjacent to an activating group) is 1. The fourth-order valence-corrected chi connectivity index (χ4v) is 2.24. The van der Waals surface area contributed by atoms with E-state index in [1.165, 1.54) is 0 Å². The van der Waals surface area contributed by atoms with E-state index in [0.29, 0.717) is 35.3 Å². The number of aliphatic hydroxyl groups excluding tert-OH is 1. The van der Waals surface area contributed by atoms with E-state index in [1.54, 1.807) is 18.2 Å². The summed E-state index contributed by atoms with van der Waals surface area (Å²) >= 11 is 12.0. The first-order valence-corrected chi connectivity index (χ1v) is 7.18. The molecule has 0 aromatic heterocycles. The number of halogens is 2. The number of benzene rings is 1. The van der Waals surface area contributed by atoms with Crippen molar-refractivity contribution in [3.63, 3.8) is 0 Å². The second kappa shape index (κ2) is 9.04. The number of nitriles is 1. The quantitative estimate of drug-likeness (QED) is 0.801. The molecule has 1 N–H and O–H groups in total. The van der Waals surface area contributed by atoms with Crippen molar-refractivity contribution in [2.24, 2.45) is 0 Å². The van der Waals surface area contributed by atoms with Gasteiger partial charge in [0.25, 0.3) is 0 Å². The zero-order valence-corrected chi connectivity index (χ0v) is 12.9. The smallest absolute Gasteiger partial charge is 0.156 e. The maximum absolute atomic E-state index is 9.96. The average molecular weight is 317 g/mol. The molecule has 0 aliphatic carbocycles. The van der Waals surface area contributed by atoms with Gasteiger partial charge in [0.15, 0.2) is 5.75 Å². The highest BCUT2D eigenvalue weighted by Gasteiger charge is 2.13. The molecular weight excluding hydrogens is 299 g/mol. The first-order valence-electron chi connectivity index (χ1n) is 6.42. The third-order valence-corrected chi connectivity index (χ3v) is 3.39. The Morgan fingerprint density at radius 3 is 2.60 bits per heavy atom. The average Bonchev–Trinajstić information content (AvgIpc) is 2.42. The zero-order valence-electron chi connectivity index (χ0n) is 11.4. The Kier molecular flexibility index (Phi) is 7.71. The van der Waals surface area contributed by atoms with Crippen molar-refractivity contribution in [2.45, 2.75) is 19.4 Å². The Labute approximate surface area is 129 Å². The highest BCUT2D eigenvalue weighted by Crippen LogP contribution is 2.32. The molecule has 0 amide bonds. The van der Waals surface area contributed by atoms with Crippen LogP contribution in [0.5, 0.6) is 5.75 Å². The molecule has 0 aliphatic heterocycles. The van der Waals surface area contributed by atoms with E-state index in [9.17, 15) is 5.11 Å². The molecule has 0 spiro atoms. The van der Waals surface area contributed by atoms with Gasteiger partial charge in [0.2, 0.25) is 0 Å². The molecule has 0 saturated carbocycles. The fraction of sp³-hybridized carbons (Fsp3) is 0.500. The molecule has 0 bridgehead atoms. The van der Waals surface area contributed by atoms with E-state index < -0.39 is 6.10 Å². The first kappa shape index (κ1) is 17.1. The lowest BCUT2D eigenvalue weighted by molar-refractivity contribution is 0.0706. The number of nitrogens with zero attached hydrogens (tertiary/aromatic N) is 2. The van der Waals surface area contributed by atoms with Crippen molar-refractivity contribution in [3.8, 4) is 11.8 Å². The van der Waals surface area contributed by atoms with Gasteiger partial charge in [-0.25, -0.2) is 0 Å². The highest BCUT2D eigenvalue weighted by molar-refractivity contribution is 6.37. The number of rotatable bonds is 8. The molecule has 0 heterocycles. The summed E-state index contributed by atoms with van der Waals surface area (Å²) in [5.41, 5.74) is 0. The Morgan fingerprint density at radius 1 is 1.40 bits per heavy atom. The van der Waals surface area contributed by atoms with Gasteiger partial charge in [-0.3, -0.25) is 4.90 Å². The van der Waals surface area contributed by atoms with E-state index in [-0.39, 0.29) is 6.61 Å². The van der Waals surface area contributed by atoms with Crippen molar-refractivity contribution < 1.29 is 9.84 Å². The molecule has 1 aromatic rings. The summed E-state index contributed by atoms with van der Waals surface area (Å²) in [5, 5.41) is 19.4. The van der Waals surface area contributed by atoms with Crippen LogP contribution in [-0.4, -0.2) is 42.4 Å². The first-order chi connectivity index (χ1) is 9.58. The Balaban J connectivity index is 2.46. The molecule has 4 nitrogen and oxygen atoms in total. The summed E-state index contributed by atoms with van der Waals surface area (Å²) in [5.74, 6) is 0.384. The van der Waals surface area contributed by atoms with Crippen LogP contribution in [-0.2, 0) is 0 Å². The fourth-order valence-electron chi connectivity index (χ4n) is 1.74. The zero-order chi connectivity index (χ0) is 15.0. The van der Waals surface area contributed by atoms with Gasteiger partial charge in [-0.15, -0.1) is 0 Å². The minimum absolute atomic E-state index is 0.104. The lowest BCUT2D eigenvalue weighted by atomic mass is 10.3. The van der Waals surface area contributed by atoms with Crippen LogP contribution in [0.25, 0.3) is 0 Å². The largest absolute Gasteiger partial charge is 0.488 e. The van der Waals surface area contributed by atoms with Gasteiger partial charge in [-0.1, -0.05) is 36.2 Å². The van der Waals surface area contributed by atoms with Crippen LogP contribution in [0.4, 0.5) is 0 Å². The molecular formula is C14H18Cl2N2O2. The maximum Gasteiger partial charge on any atom is 0.156 e. The molecule has 1 rings (SSSR count). The van der Waals surface area contributed by atoms with Crippen LogP contribution in [0, 0.1) is 11.3 Å². The summed E-state index contributed by atoms with van der Waals surface area (Å²) < 4.78 is 5.47. The lowest BCUT2D eigenvalue weighted by Crippen LogP contribution is -2.36. The molecule has 0 fully saturated rings. The van der Waals surface area contributed by atoms with E-state index in [0.717, 1.165) is 6.54 Å². The lowest BCUT2D eigenvalue weighted by Gasteiger charge is -2.22. The standard InChI is InChI=1S/C14H18Cl2N2O2/c1-2-18(8-4-7-17)9-11(19)10-20-14-12(15)5-3-6-13(14)16/h3,5-6,11,19H,2,4,8-10H2,1H3. The molecule has 6 heteroatoms. The Bertz CT molecular complexity index is 443. The molecule has 1 unspecified atom stereocenters. The van der Waals surface area contributed by atoms with Crippen LogP contribution in [0.1, 0.15) is 13.3 Å². The van der Waals surface area contributed by atoms with Gasteiger partial charge in [0.05, 0.1) is 16.1 Å². The van der Waals surface area contributed by atoms with E-state index in [4.69, 9.17) is 33.2 Å². The molecule has 20 heavy (non-hydrogen) atoms. The van der Waals surface area contributed by atoms with Crippen LogP contribution in [0.2, 0.25) is 10.0 Å². The van der Waals surface area contributed by atoms with Crippen molar-refractivity contribution in [1.29, 1.82) is 5.26 Å². The number of hydrogen-bond donors (Lipinski definition) is 1. The predicted octanol–water partition coefficient (Wildman–Crippen LogP) is 2.97. The van der Waals surface area contributed by atoms with Gasteiger partial charge < -0.3 is 9.84 Å². The number of aliphatic hydroxyl groups is 1. The monoisotopic (exact) mass is 316 g/mol. The molecule has 1 aromatic carbocycles. The van der Waals surface area contributed by atoms with Gasteiger partial charge in [-0.2, -0.15) is 5.26 Å². The second-order valence-electron chi connectivity index (χ2n) is 4.32. The van der Waals surface area contributed by atoms with E-state index >= 15 is 0 Å². The summed E-state index contributed by atoms with van der Waals surface area (Å²) in [6.07, 6.45) is -0.224. The van der Waals surface area contributed by atoms with Gasteiger partial charge in [-0.05, 0) is 18.7 Å². The third kappa shape index (κ3) is 5.56. The molecule has 0 aliphatic rings. The summed E-state index contributed by atoms with van der Waals surface area (Å²) in [6, 6.07) is 7.18. The van der Waals surface area contributed by atoms with Crippen molar-refractivity contribution in [1.82, 2.24) is 4.90 Å². The van der Waals surface area contributed by atoms with Crippen molar-refractivity contribution in [2.75, 3.05) is 26.2 Å². The summed E-state index contributed by atoms with van der Waals surface area (Å²) in [6.45, 7) is 3.94. The second-order valence-corrected chi connectivity index (χ2v) is 5.13. The maximum atomic E-state index is 9.96. The topological polar surface area (TPSA) is 56.5 Å². The van der Waals surface area contributed by atoms with Crippen LogP contribution in [0.15, 0.2) is 18.2 Å². The van der Waals surface area contributed by atoms with Crippen molar-refractivity contribution >= 4 is 23.2 Å². The highest BCUT2D eigenvalue weighted by atomic mass is 35.5. The molecule has 1 atom stereocenters. The Hall–Kier alpha value is -0.990. The van der Waals surface area contributed by atoms with E-state index in [1.807, 2.05) is 11.8 Å². The van der Waals surface area contributed by atoms with Gasteiger partial charge >= 0.3 is 0 Å².